The van der Waals surface area contributed by atoms with Crippen LogP contribution in [0.3, 0.4) is 0 Å². The number of carbonyl (C=O) groups excluding carboxylic acids is 2. The lowest BCUT2D eigenvalue weighted by Crippen LogP contribution is -2.45. The van der Waals surface area contributed by atoms with Crippen molar-refractivity contribution in [1.29, 1.82) is 0 Å². The summed E-state index contributed by atoms with van der Waals surface area (Å²) in [6.45, 7) is 2.73. The Morgan fingerprint density at radius 2 is 2.19 bits per heavy atom. The number of carbonyl (C=O) groups is 2. The summed E-state index contributed by atoms with van der Waals surface area (Å²) in [4.78, 5) is 26.1. The fourth-order valence-electron chi connectivity index (χ4n) is 2.72. The predicted molar refractivity (Wildman–Crippen MR) is 107 cm³/mol. The number of ether oxygens (including phenoxy) is 1. The number of thiophene rings is 1. The van der Waals surface area contributed by atoms with Crippen LogP contribution >= 0.6 is 23.1 Å². The quantitative estimate of drug-likeness (QED) is 0.703. The van der Waals surface area contributed by atoms with Crippen molar-refractivity contribution in [3.63, 3.8) is 0 Å². The summed E-state index contributed by atoms with van der Waals surface area (Å²) in [7, 11) is 0. The molecule has 0 saturated heterocycles. The fraction of sp³-hybridized carbons (Fsp3) is 0.368. The molecular formula is C19H22N2O3S2. The SMILES string of the molecule is C[C@H]1Oc2ccccc2N(CCC(=O)NCCSCc2ccsc2)C1=O. The molecule has 7 heteroatoms. The van der Waals surface area contributed by atoms with Crippen molar-refractivity contribution in [2.75, 3.05) is 23.7 Å². The van der Waals surface area contributed by atoms with Crippen LogP contribution in [0.25, 0.3) is 0 Å². The van der Waals surface area contributed by atoms with Gasteiger partial charge in [0.1, 0.15) is 5.75 Å². The Hall–Kier alpha value is -1.99. The van der Waals surface area contributed by atoms with Crippen molar-refractivity contribution >= 4 is 40.6 Å². The molecule has 3 rings (SSSR count). The lowest BCUT2D eigenvalue weighted by Gasteiger charge is -2.32. The van der Waals surface area contributed by atoms with Gasteiger partial charge < -0.3 is 15.0 Å². The van der Waals surface area contributed by atoms with E-state index in [2.05, 4.69) is 22.1 Å². The van der Waals surface area contributed by atoms with Gasteiger partial charge in [0.25, 0.3) is 5.91 Å². The number of amides is 2. The Morgan fingerprint density at radius 3 is 3.00 bits per heavy atom. The second kappa shape index (κ2) is 9.09. The molecule has 1 aromatic carbocycles. The van der Waals surface area contributed by atoms with Crippen LogP contribution in [-0.2, 0) is 15.3 Å². The van der Waals surface area contributed by atoms with E-state index < -0.39 is 6.10 Å². The van der Waals surface area contributed by atoms with Crippen LogP contribution < -0.4 is 15.0 Å². The predicted octanol–water partition coefficient (Wildman–Crippen LogP) is 3.30. The molecule has 0 aliphatic carbocycles. The Bertz CT molecular complexity index is 749. The van der Waals surface area contributed by atoms with Crippen molar-refractivity contribution in [2.45, 2.75) is 25.2 Å². The zero-order chi connectivity index (χ0) is 18.4. The van der Waals surface area contributed by atoms with Gasteiger partial charge in [-0.1, -0.05) is 12.1 Å². The first-order valence-corrected chi connectivity index (χ1v) is 10.7. The second-order valence-corrected chi connectivity index (χ2v) is 7.89. The van der Waals surface area contributed by atoms with E-state index in [4.69, 9.17) is 4.74 Å². The van der Waals surface area contributed by atoms with E-state index in [0.29, 0.717) is 18.8 Å². The topological polar surface area (TPSA) is 58.6 Å². The first-order valence-electron chi connectivity index (χ1n) is 8.57. The van der Waals surface area contributed by atoms with Crippen molar-refractivity contribution in [3.8, 4) is 5.75 Å². The average molecular weight is 391 g/mol. The van der Waals surface area contributed by atoms with E-state index in [1.165, 1.54) is 5.56 Å². The van der Waals surface area contributed by atoms with Gasteiger partial charge >= 0.3 is 0 Å². The van der Waals surface area contributed by atoms with Gasteiger partial charge in [-0.05, 0) is 41.4 Å². The number of nitrogens with one attached hydrogen (secondary N) is 1. The molecule has 1 aliphatic rings. The number of nitrogens with zero attached hydrogens (tertiary/aromatic N) is 1. The van der Waals surface area contributed by atoms with E-state index in [1.54, 1.807) is 34.9 Å². The van der Waals surface area contributed by atoms with Crippen LogP contribution in [-0.4, -0.2) is 36.8 Å². The van der Waals surface area contributed by atoms with Crippen LogP contribution in [0.1, 0.15) is 18.9 Å². The zero-order valence-corrected chi connectivity index (χ0v) is 16.3. The number of anilines is 1. The molecule has 1 aromatic heterocycles. The number of hydrogen-bond acceptors (Lipinski definition) is 5. The van der Waals surface area contributed by atoms with Crippen molar-refractivity contribution in [2.24, 2.45) is 0 Å². The summed E-state index contributed by atoms with van der Waals surface area (Å²) in [5, 5.41) is 7.14. The molecule has 138 valence electrons. The Labute approximate surface area is 161 Å². The minimum atomic E-state index is -0.526. The lowest BCUT2D eigenvalue weighted by atomic mass is 10.1. The number of thioether (sulfide) groups is 1. The largest absolute Gasteiger partial charge is 0.479 e. The van der Waals surface area contributed by atoms with E-state index >= 15 is 0 Å². The molecule has 0 saturated carbocycles. The van der Waals surface area contributed by atoms with Gasteiger partial charge in [0.15, 0.2) is 6.10 Å². The molecule has 5 nitrogen and oxygen atoms in total. The highest BCUT2D eigenvalue weighted by Crippen LogP contribution is 2.33. The third-order valence-electron chi connectivity index (χ3n) is 4.05. The van der Waals surface area contributed by atoms with Crippen molar-refractivity contribution in [1.82, 2.24) is 5.32 Å². The maximum absolute atomic E-state index is 12.4. The molecule has 0 unspecified atom stereocenters. The third kappa shape index (κ3) is 4.80. The summed E-state index contributed by atoms with van der Waals surface area (Å²) >= 11 is 3.50. The first-order chi connectivity index (χ1) is 12.6. The highest BCUT2D eigenvalue weighted by Gasteiger charge is 2.31. The van der Waals surface area contributed by atoms with Gasteiger partial charge in [-0.3, -0.25) is 9.59 Å². The lowest BCUT2D eigenvalue weighted by molar-refractivity contribution is -0.125. The van der Waals surface area contributed by atoms with Crippen molar-refractivity contribution < 1.29 is 14.3 Å². The van der Waals surface area contributed by atoms with Crippen molar-refractivity contribution in [3.05, 3.63) is 46.7 Å². The van der Waals surface area contributed by atoms with Gasteiger partial charge in [-0.25, -0.2) is 0 Å². The first kappa shape index (κ1) is 18.8. The molecule has 1 N–H and O–H groups in total. The van der Waals surface area contributed by atoms with Crippen LogP contribution in [0, 0.1) is 0 Å². The van der Waals surface area contributed by atoms with E-state index in [9.17, 15) is 9.59 Å². The van der Waals surface area contributed by atoms with E-state index in [1.807, 2.05) is 24.3 Å². The molecule has 0 bridgehead atoms. The number of fused-ring (bicyclic) bond motifs is 1. The summed E-state index contributed by atoms with van der Waals surface area (Å²) in [6, 6.07) is 9.55. The van der Waals surface area contributed by atoms with Crippen LogP contribution in [0.2, 0.25) is 0 Å². The standard InChI is InChI=1S/C19H22N2O3S2/c1-14-19(23)21(16-4-2-3-5-17(16)24-14)9-6-18(22)20-8-11-26-13-15-7-10-25-12-15/h2-5,7,10,12,14H,6,8-9,11,13H2,1H3,(H,20,22)/t14-/m1/s1. The minimum Gasteiger partial charge on any atom is -0.479 e. The molecule has 26 heavy (non-hydrogen) atoms. The van der Waals surface area contributed by atoms with Gasteiger partial charge in [0, 0.05) is 31.0 Å². The molecule has 0 radical (unpaired) electrons. The summed E-state index contributed by atoms with van der Waals surface area (Å²) < 4.78 is 5.61. The highest BCUT2D eigenvalue weighted by molar-refractivity contribution is 7.98. The summed E-state index contributed by atoms with van der Waals surface area (Å²) in [5.74, 6) is 2.38. The van der Waals surface area contributed by atoms with Crippen LogP contribution in [0.4, 0.5) is 5.69 Å². The molecule has 2 amide bonds. The van der Waals surface area contributed by atoms with Gasteiger partial charge in [0.2, 0.25) is 5.91 Å². The van der Waals surface area contributed by atoms with Crippen LogP contribution in [0.5, 0.6) is 5.75 Å². The zero-order valence-electron chi connectivity index (χ0n) is 14.6. The second-order valence-electron chi connectivity index (χ2n) is 6.00. The maximum Gasteiger partial charge on any atom is 0.267 e. The monoisotopic (exact) mass is 390 g/mol. The molecule has 1 aliphatic heterocycles. The molecule has 0 fully saturated rings. The highest BCUT2D eigenvalue weighted by atomic mass is 32.2. The maximum atomic E-state index is 12.4. The smallest absolute Gasteiger partial charge is 0.267 e. The Balaban J connectivity index is 1.41. The average Bonchev–Trinajstić information content (AvgIpc) is 3.15. The number of para-hydroxylation sites is 2. The number of rotatable bonds is 8. The summed E-state index contributed by atoms with van der Waals surface area (Å²) in [6.07, 6.45) is -0.247. The van der Waals surface area contributed by atoms with E-state index in [-0.39, 0.29) is 18.2 Å². The van der Waals surface area contributed by atoms with Gasteiger partial charge in [0.05, 0.1) is 5.69 Å². The molecular weight excluding hydrogens is 368 g/mol. The van der Waals surface area contributed by atoms with Gasteiger partial charge in [-0.2, -0.15) is 23.1 Å². The molecule has 2 aromatic rings. The molecule has 1 atom stereocenters. The van der Waals surface area contributed by atoms with E-state index in [0.717, 1.165) is 17.2 Å². The normalized spacial score (nSPS) is 16.1. The van der Waals surface area contributed by atoms with Gasteiger partial charge in [-0.15, -0.1) is 0 Å². The third-order valence-corrected chi connectivity index (χ3v) is 5.82. The summed E-state index contributed by atoms with van der Waals surface area (Å²) in [5.41, 5.74) is 2.06. The minimum absolute atomic E-state index is 0.0365. The Morgan fingerprint density at radius 1 is 1.35 bits per heavy atom. The van der Waals surface area contributed by atoms with Crippen LogP contribution in [0.15, 0.2) is 41.1 Å². The Kier molecular flexibility index (Phi) is 6.57. The molecule has 2 heterocycles. The molecule has 0 spiro atoms. The number of hydrogen-bond donors (Lipinski definition) is 1. The number of benzene rings is 1. The fourth-order valence-corrected chi connectivity index (χ4v) is 4.30.